The Morgan fingerprint density at radius 1 is 1.43 bits per heavy atom. The molecule has 1 amide bonds. The predicted molar refractivity (Wildman–Crippen MR) is 86.9 cm³/mol. The minimum atomic E-state index is 0.109. The lowest BCUT2D eigenvalue weighted by molar-refractivity contribution is 0.0756. The molecule has 0 saturated carbocycles. The second-order valence-corrected chi connectivity index (χ2v) is 6.97. The van der Waals surface area contributed by atoms with Crippen LogP contribution in [0, 0.1) is 0 Å². The summed E-state index contributed by atoms with van der Waals surface area (Å²) in [5, 5.41) is 0.570. The predicted octanol–water partition coefficient (Wildman–Crippen LogP) is 3.08. The maximum Gasteiger partial charge on any atom is 0.272 e. The lowest BCUT2D eigenvalue weighted by Crippen LogP contribution is -2.36. The van der Waals surface area contributed by atoms with Gasteiger partial charge in [0.1, 0.15) is 11.3 Å². The summed E-state index contributed by atoms with van der Waals surface area (Å²) in [7, 11) is 0. The molecule has 4 nitrogen and oxygen atoms in total. The summed E-state index contributed by atoms with van der Waals surface area (Å²) in [6.07, 6.45) is 7.14. The van der Waals surface area contributed by atoms with Crippen LogP contribution in [0.1, 0.15) is 36.7 Å². The second kappa shape index (κ2) is 6.52. The Bertz CT molecular complexity index is 625. The number of aromatic nitrogens is 2. The Morgan fingerprint density at radius 3 is 3.19 bits per heavy atom. The number of fused-ring (bicyclic) bond motifs is 1. The van der Waals surface area contributed by atoms with Crippen molar-refractivity contribution >= 4 is 23.3 Å². The zero-order valence-corrected chi connectivity index (χ0v) is 13.2. The molecule has 1 fully saturated rings. The van der Waals surface area contributed by atoms with Crippen molar-refractivity contribution in [1.82, 2.24) is 14.3 Å². The summed E-state index contributed by atoms with van der Waals surface area (Å²) < 4.78 is 1.88. The van der Waals surface area contributed by atoms with Crippen LogP contribution in [0.4, 0.5) is 0 Å². The fraction of sp³-hybridized carbons (Fsp3) is 0.500. The molecule has 112 valence electrons. The minimum absolute atomic E-state index is 0.109. The molecule has 0 aromatic carbocycles. The van der Waals surface area contributed by atoms with Gasteiger partial charge in [0, 0.05) is 24.5 Å². The molecular formula is C16H21N3OS. The summed E-state index contributed by atoms with van der Waals surface area (Å²) in [6, 6.07) is 5.80. The van der Waals surface area contributed by atoms with E-state index in [2.05, 4.69) is 11.9 Å². The topological polar surface area (TPSA) is 37.6 Å². The van der Waals surface area contributed by atoms with E-state index in [1.807, 2.05) is 45.5 Å². The highest BCUT2D eigenvalue weighted by atomic mass is 32.2. The van der Waals surface area contributed by atoms with Gasteiger partial charge in [0.15, 0.2) is 0 Å². The maximum absolute atomic E-state index is 12.8. The molecule has 1 aliphatic heterocycles. The van der Waals surface area contributed by atoms with Crippen molar-refractivity contribution in [1.29, 1.82) is 0 Å². The lowest BCUT2D eigenvalue weighted by atomic mass is 10.2. The molecule has 0 unspecified atom stereocenters. The zero-order chi connectivity index (χ0) is 14.7. The van der Waals surface area contributed by atoms with Crippen LogP contribution in [0.15, 0.2) is 30.6 Å². The molecule has 1 aliphatic rings. The van der Waals surface area contributed by atoms with Gasteiger partial charge in [-0.3, -0.25) is 9.20 Å². The molecule has 1 atom stereocenters. The van der Waals surface area contributed by atoms with Crippen molar-refractivity contribution in [2.75, 3.05) is 18.8 Å². The van der Waals surface area contributed by atoms with Crippen LogP contribution in [0.5, 0.6) is 0 Å². The second-order valence-electron chi connectivity index (χ2n) is 5.40. The van der Waals surface area contributed by atoms with Gasteiger partial charge in [0.25, 0.3) is 5.91 Å². The fourth-order valence-electron chi connectivity index (χ4n) is 2.91. The van der Waals surface area contributed by atoms with Gasteiger partial charge in [0.2, 0.25) is 0 Å². The van der Waals surface area contributed by atoms with Gasteiger partial charge in [-0.25, -0.2) is 4.98 Å². The van der Waals surface area contributed by atoms with E-state index in [0.29, 0.717) is 10.9 Å². The van der Waals surface area contributed by atoms with E-state index >= 15 is 0 Å². The maximum atomic E-state index is 12.8. The quantitative estimate of drug-likeness (QED) is 0.874. The molecule has 0 radical (unpaired) electrons. The number of nitrogens with zero attached hydrogens (tertiary/aromatic N) is 3. The monoisotopic (exact) mass is 303 g/mol. The van der Waals surface area contributed by atoms with Gasteiger partial charge >= 0.3 is 0 Å². The summed E-state index contributed by atoms with van der Waals surface area (Å²) in [4.78, 5) is 19.2. The fourth-order valence-corrected chi connectivity index (χ4v) is 4.00. The third-order valence-electron chi connectivity index (χ3n) is 3.95. The van der Waals surface area contributed by atoms with Gasteiger partial charge in [-0.2, -0.15) is 11.8 Å². The van der Waals surface area contributed by atoms with E-state index in [9.17, 15) is 4.79 Å². The summed E-state index contributed by atoms with van der Waals surface area (Å²) in [6.45, 7) is 3.91. The highest BCUT2D eigenvalue weighted by molar-refractivity contribution is 7.99. The van der Waals surface area contributed by atoms with Crippen molar-refractivity contribution < 1.29 is 4.79 Å². The average Bonchev–Trinajstić information content (AvgIpc) is 2.79. The first kappa shape index (κ1) is 14.4. The number of carbonyl (C=O) groups excluding carboxylic acids is 1. The number of hydrogen-bond donors (Lipinski definition) is 0. The molecule has 0 bridgehead atoms. The van der Waals surface area contributed by atoms with E-state index in [-0.39, 0.29) is 5.91 Å². The molecule has 21 heavy (non-hydrogen) atoms. The smallest absolute Gasteiger partial charge is 0.272 e. The summed E-state index contributed by atoms with van der Waals surface area (Å²) in [5.41, 5.74) is 1.50. The van der Waals surface area contributed by atoms with Crippen LogP contribution in [-0.2, 0) is 0 Å². The molecule has 2 aromatic rings. The number of imidazole rings is 1. The first-order valence-corrected chi connectivity index (χ1v) is 8.67. The van der Waals surface area contributed by atoms with Gasteiger partial charge in [0.05, 0.1) is 6.20 Å². The third kappa shape index (κ3) is 3.07. The number of hydrogen-bond acceptors (Lipinski definition) is 3. The van der Waals surface area contributed by atoms with Gasteiger partial charge in [-0.1, -0.05) is 19.4 Å². The average molecular weight is 303 g/mol. The van der Waals surface area contributed by atoms with E-state index in [4.69, 9.17) is 0 Å². The summed E-state index contributed by atoms with van der Waals surface area (Å²) >= 11 is 1.97. The number of rotatable bonds is 3. The zero-order valence-electron chi connectivity index (χ0n) is 12.4. The Morgan fingerprint density at radius 2 is 2.33 bits per heavy atom. The van der Waals surface area contributed by atoms with Crippen LogP contribution in [0.2, 0.25) is 0 Å². The van der Waals surface area contributed by atoms with Crippen LogP contribution in [0.25, 0.3) is 5.65 Å². The lowest BCUT2D eigenvalue weighted by Gasteiger charge is -2.23. The van der Waals surface area contributed by atoms with E-state index in [0.717, 1.165) is 30.9 Å². The SMILES string of the molecule is CCS[C@@H]1CCCCN(C(=O)c2cnc3ccccn23)C1. The van der Waals surface area contributed by atoms with Crippen molar-refractivity contribution in [3.05, 3.63) is 36.3 Å². The molecule has 2 aromatic heterocycles. The number of carbonyl (C=O) groups is 1. The number of likely N-dealkylation sites (tertiary alicyclic amines) is 1. The van der Waals surface area contributed by atoms with Crippen molar-refractivity contribution in [2.24, 2.45) is 0 Å². The van der Waals surface area contributed by atoms with Crippen LogP contribution in [0.3, 0.4) is 0 Å². The number of amides is 1. The highest BCUT2D eigenvalue weighted by Crippen LogP contribution is 2.23. The Kier molecular flexibility index (Phi) is 4.48. The van der Waals surface area contributed by atoms with E-state index in [1.54, 1.807) is 6.20 Å². The molecular weight excluding hydrogens is 282 g/mol. The molecule has 5 heteroatoms. The molecule has 3 heterocycles. The number of thioether (sulfide) groups is 1. The molecule has 0 N–H and O–H groups in total. The molecule has 1 saturated heterocycles. The Hall–Kier alpha value is -1.49. The van der Waals surface area contributed by atoms with Gasteiger partial charge in [-0.15, -0.1) is 0 Å². The molecule has 0 spiro atoms. The number of pyridine rings is 1. The molecule has 3 rings (SSSR count). The normalized spacial score (nSPS) is 19.7. The van der Waals surface area contributed by atoms with E-state index in [1.165, 1.54) is 12.8 Å². The largest absolute Gasteiger partial charge is 0.336 e. The van der Waals surface area contributed by atoms with Crippen molar-refractivity contribution in [3.8, 4) is 0 Å². The van der Waals surface area contributed by atoms with Gasteiger partial charge in [-0.05, 0) is 30.7 Å². The highest BCUT2D eigenvalue weighted by Gasteiger charge is 2.24. The van der Waals surface area contributed by atoms with Crippen molar-refractivity contribution in [3.63, 3.8) is 0 Å². The van der Waals surface area contributed by atoms with Gasteiger partial charge < -0.3 is 4.90 Å². The first-order chi connectivity index (χ1) is 10.3. The summed E-state index contributed by atoms with van der Waals surface area (Å²) in [5.74, 6) is 1.22. The van der Waals surface area contributed by atoms with E-state index < -0.39 is 0 Å². The van der Waals surface area contributed by atoms with Crippen LogP contribution in [-0.4, -0.2) is 44.3 Å². The standard InChI is InChI=1S/C16H21N3OS/c1-2-21-13-7-3-5-9-18(12-13)16(20)14-11-17-15-8-4-6-10-19(14)15/h4,6,8,10-11,13H,2-3,5,7,9,12H2,1H3/t13-/m1/s1. The Labute approximate surface area is 129 Å². The molecule has 0 aliphatic carbocycles. The minimum Gasteiger partial charge on any atom is -0.336 e. The third-order valence-corrected chi connectivity index (χ3v) is 5.14. The first-order valence-electron chi connectivity index (χ1n) is 7.62. The van der Waals surface area contributed by atoms with Crippen LogP contribution < -0.4 is 0 Å². The Balaban J connectivity index is 1.83. The van der Waals surface area contributed by atoms with Crippen molar-refractivity contribution in [2.45, 2.75) is 31.4 Å². The van der Waals surface area contributed by atoms with Crippen LogP contribution >= 0.6 is 11.8 Å².